The number of H-pyrrole nitrogens is 1. The van der Waals surface area contributed by atoms with Crippen molar-refractivity contribution in [2.45, 2.75) is 71.1 Å². The molecule has 1 aromatic heterocycles. The number of fused-ring (bicyclic) bond motifs is 1. The van der Waals surface area contributed by atoms with Crippen LogP contribution in [0.5, 0.6) is 5.75 Å². The van der Waals surface area contributed by atoms with E-state index < -0.39 is 0 Å². The largest absolute Gasteiger partial charge is 0.491 e. The van der Waals surface area contributed by atoms with E-state index in [4.69, 9.17) is 4.74 Å². The van der Waals surface area contributed by atoms with Gasteiger partial charge in [-0.1, -0.05) is 76.0 Å². The van der Waals surface area contributed by atoms with Gasteiger partial charge in [-0.15, -0.1) is 5.10 Å². The molecule has 0 radical (unpaired) electrons. The van der Waals surface area contributed by atoms with Crippen LogP contribution in [0.2, 0.25) is 0 Å². The molecule has 4 heteroatoms. The highest BCUT2D eigenvalue weighted by molar-refractivity contribution is 5.80. The Morgan fingerprint density at radius 3 is 2.32 bits per heavy atom. The summed E-state index contributed by atoms with van der Waals surface area (Å²) < 4.78 is 5.83. The molecule has 0 aliphatic heterocycles. The Hall–Kier alpha value is -1.58. The third-order valence-corrected chi connectivity index (χ3v) is 4.07. The van der Waals surface area contributed by atoms with E-state index in [0.717, 1.165) is 29.8 Å². The summed E-state index contributed by atoms with van der Waals surface area (Å²) in [5, 5.41) is 10.7. The molecule has 2 rings (SSSR count). The lowest BCUT2D eigenvalue weighted by atomic mass is 10.1. The van der Waals surface area contributed by atoms with E-state index in [0.29, 0.717) is 0 Å². The fourth-order valence-corrected chi connectivity index (χ4v) is 2.73. The summed E-state index contributed by atoms with van der Waals surface area (Å²) in [6, 6.07) is 5.89. The number of hydrogen-bond donors (Lipinski definition) is 1. The maximum absolute atomic E-state index is 5.83. The molecule has 0 atom stereocenters. The van der Waals surface area contributed by atoms with Gasteiger partial charge in [0.1, 0.15) is 5.75 Å². The first kappa shape index (κ1) is 16.8. The van der Waals surface area contributed by atoms with Gasteiger partial charge in [-0.2, -0.15) is 0 Å². The fraction of sp³-hybridized carbons (Fsp3) is 0.667. The zero-order chi connectivity index (χ0) is 15.5. The molecule has 0 bridgehead atoms. The summed E-state index contributed by atoms with van der Waals surface area (Å²) in [6.45, 7) is 3.04. The zero-order valence-electron chi connectivity index (χ0n) is 13.8. The Morgan fingerprint density at radius 2 is 1.59 bits per heavy atom. The molecule has 1 aromatic carbocycles. The second-order valence-electron chi connectivity index (χ2n) is 5.99. The van der Waals surface area contributed by atoms with Gasteiger partial charge in [0.15, 0.2) is 5.52 Å². The molecule has 22 heavy (non-hydrogen) atoms. The molecule has 2 aromatic rings. The lowest BCUT2D eigenvalue weighted by molar-refractivity contribution is 0.307. The van der Waals surface area contributed by atoms with Crippen LogP contribution >= 0.6 is 0 Å². The number of ether oxygens (including phenoxy) is 1. The smallest absolute Gasteiger partial charge is 0.154 e. The van der Waals surface area contributed by atoms with E-state index >= 15 is 0 Å². The molecule has 0 amide bonds. The van der Waals surface area contributed by atoms with Crippen LogP contribution in [0.15, 0.2) is 18.2 Å². The Morgan fingerprint density at radius 1 is 0.909 bits per heavy atom. The maximum atomic E-state index is 5.83. The maximum Gasteiger partial charge on any atom is 0.154 e. The van der Waals surface area contributed by atoms with Gasteiger partial charge >= 0.3 is 0 Å². The Bertz CT molecular complexity index is 524. The minimum Gasteiger partial charge on any atom is -0.491 e. The molecule has 0 spiro atoms. The average Bonchev–Trinajstić information content (AvgIpc) is 3.02. The first-order valence-corrected chi connectivity index (χ1v) is 8.84. The first-order chi connectivity index (χ1) is 10.9. The van der Waals surface area contributed by atoms with Gasteiger partial charge in [-0.25, -0.2) is 0 Å². The van der Waals surface area contributed by atoms with Crippen LogP contribution < -0.4 is 4.74 Å². The molecule has 1 heterocycles. The number of aromatic amines is 1. The minimum absolute atomic E-state index is 0.766. The Labute approximate surface area is 133 Å². The molecule has 0 saturated carbocycles. The predicted octanol–water partition coefficient (Wildman–Crippen LogP) is 5.26. The van der Waals surface area contributed by atoms with Gasteiger partial charge in [0.2, 0.25) is 0 Å². The topological polar surface area (TPSA) is 50.8 Å². The van der Waals surface area contributed by atoms with Crippen LogP contribution in [0, 0.1) is 0 Å². The monoisotopic (exact) mass is 303 g/mol. The number of rotatable bonds is 12. The zero-order valence-corrected chi connectivity index (χ0v) is 13.8. The van der Waals surface area contributed by atoms with Gasteiger partial charge in [0, 0.05) is 0 Å². The van der Waals surface area contributed by atoms with Gasteiger partial charge in [0.05, 0.1) is 12.1 Å². The summed E-state index contributed by atoms with van der Waals surface area (Å²) in [4.78, 5) is 0. The highest BCUT2D eigenvalue weighted by Gasteiger charge is 2.04. The number of benzene rings is 1. The standard InChI is InChI=1S/C18H29N3O/c1-2-3-4-5-6-7-8-9-10-11-15-22-17-14-12-13-16-18(17)20-21-19-16/h12-14H,2-11,15H2,1H3,(H,19,20,21). The molecule has 4 nitrogen and oxygen atoms in total. The van der Waals surface area contributed by atoms with Crippen molar-refractivity contribution in [2.75, 3.05) is 6.61 Å². The van der Waals surface area contributed by atoms with Crippen LogP contribution in [0.4, 0.5) is 0 Å². The van der Waals surface area contributed by atoms with E-state index in [2.05, 4.69) is 22.3 Å². The number of hydrogen-bond acceptors (Lipinski definition) is 3. The van der Waals surface area contributed by atoms with Crippen molar-refractivity contribution in [2.24, 2.45) is 0 Å². The van der Waals surface area contributed by atoms with Crippen LogP contribution in [0.1, 0.15) is 71.1 Å². The van der Waals surface area contributed by atoms with Gasteiger partial charge in [0.25, 0.3) is 0 Å². The van der Waals surface area contributed by atoms with Crippen molar-refractivity contribution in [1.29, 1.82) is 0 Å². The minimum atomic E-state index is 0.766. The Balaban J connectivity index is 1.49. The second kappa shape index (κ2) is 10.2. The van der Waals surface area contributed by atoms with E-state index in [9.17, 15) is 0 Å². The predicted molar refractivity (Wildman–Crippen MR) is 91.2 cm³/mol. The molecular weight excluding hydrogens is 274 g/mol. The van der Waals surface area contributed by atoms with Gasteiger partial charge < -0.3 is 4.74 Å². The van der Waals surface area contributed by atoms with Crippen molar-refractivity contribution in [3.05, 3.63) is 18.2 Å². The van der Waals surface area contributed by atoms with E-state index in [1.165, 1.54) is 57.8 Å². The molecule has 0 fully saturated rings. The van der Waals surface area contributed by atoms with Crippen molar-refractivity contribution >= 4 is 11.0 Å². The summed E-state index contributed by atoms with van der Waals surface area (Å²) >= 11 is 0. The van der Waals surface area contributed by atoms with Crippen molar-refractivity contribution in [3.63, 3.8) is 0 Å². The summed E-state index contributed by atoms with van der Waals surface area (Å²) in [6.07, 6.45) is 13.4. The molecule has 0 aliphatic carbocycles. The van der Waals surface area contributed by atoms with E-state index in [1.54, 1.807) is 0 Å². The normalized spacial score (nSPS) is 11.1. The van der Waals surface area contributed by atoms with E-state index in [1.807, 2.05) is 18.2 Å². The molecule has 0 aliphatic rings. The number of nitrogens with zero attached hydrogens (tertiary/aromatic N) is 2. The third kappa shape index (κ3) is 5.66. The van der Waals surface area contributed by atoms with E-state index in [-0.39, 0.29) is 0 Å². The second-order valence-corrected chi connectivity index (χ2v) is 5.99. The summed E-state index contributed by atoms with van der Waals surface area (Å²) in [5.41, 5.74) is 1.76. The number of nitrogens with one attached hydrogen (secondary N) is 1. The molecule has 0 saturated heterocycles. The SMILES string of the molecule is CCCCCCCCCCCCOc1cccc2[nH]nnc12. The third-order valence-electron chi connectivity index (χ3n) is 4.07. The quantitative estimate of drug-likeness (QED) is 0.544. The molecule has 122 valence electrons. The van der Waals surface area contributed by atoms with Gasteiger partial charge in [-0.05, 0) is 18.6 Å². The van der Waals surface area contributed by atoms with Crippen molar-refractivity contribution < 1.29 is 4.74 Å². The average molecular weight is 303 g/mol. The fourth-order valence-electron chi connectivity index (χ4n) is 2.73. The van der Waals surface area contributed by atoms with Crippen molar-refractivity contribution in [1.82, 2.24) is 15.4 Å². The highest BCUT2D eigenvalue weighted by atomic mass is 16.5. The number of unbranched alkanes of at least 4 members (excludes halogenated alkanes) is 9. The first-order valence-electron chi connectivity index (χ1n) is 8.84. The Kier molecular flexibility index (Phi) is 7.78. The number of aromatic nitrogens is 3. The summed E-state index contributed by atoms with van der Waals surface area (Å²) in [5.74, 6) is 0.835. The van der Waals surface area contributed by atoms with Crippen LogP contribution in [0.3, 0.4) is 0 Å². The molecular formula is C18H29N3O. The van der Waals surface area contributed by atoms with Crippen LogP contribution in [-0.2, 0) is 0 Å². The molecule has 0 unspecified atom stereocenters. The van der Waals surface area contributed by atoms with Gasteiger partial charge in [-0.3, -0.25) is 5.10 Å². The summed E-state index contributed by atoms with van der Waals surface area (Å²) in [7, 11) is 0. The highest BCUT2D eigenvalue weighted by Crippen LogP contribution is 2.21. The molecule has 1 N–H and O–H groups in total. The lowest BCUT2D eigenvalue weighted by Crippen LogP contribution is -1.98. The van der Waals surface area contributed by atoms with Crippen LogP contribution in [-0.4, -0.2) is 22.0 Å². The van der Waals surface area contributed by atoms with Crippen molar-refractivity contribution in [3.8, 4) is 5.75 Å². The van der Waals surface area contributed by atoms with Crippen LogP contribution in [0.25, 0.3) is 11.0 Å². The lowest BCUT2D eigenvalue weighted by Gasteiger charge is -2.06.